The van der Waals surface area contributed by atoms with Crippen LogP contribution in [0.5, 0.6) is 5.75 Å². The van der Waals surface area contributed by atoms with Crippen LogP contribution in [0, 0.1) is 5.92 Å². The number of hydrogen-bond acceptors (Lipinski definition) is 5. The molecule has 1 fully saturated rings. The first-order chi connectivity index (χ1) is 10.6. The second-order valence-corrected chi connectivity index (χ2v) is 5.76. The van der Waals surface area contributed by atoms with Crippen LogP contribution in [0.1, 0.15) is 12.8 Å². The third-order valence-corrected chi connectivity index (χ3v) is 4.02. The highest BCUT2D eigenvalue weighted by Gasteiger charge is 2.28. The number of nitrogens with zero attached hydrogens (tertiary/aromatic N) is 1. The molecule has 1 aromatic carbocycles. The van der Waals surface area contributed by atoms with E-state index in [1.54, 1.807) is 0 Å². The Kier molecular flexibility index (Phi) is 6.18. The Bertz CT molecular complexity index is 460. The summed E-state index contributed by atoms with van der Waals surface area (Å²) in [6, 6.07) is 9.38. The van der Waals surface area contributed by atoms with E-state index in [1.165, 1.54) is 0 Å². The van der Waals surface area contributed by atoms with Gasteiger partial charge in [-0.3, -0.25) is 4.79 Å². The SMILES string of the molecule is NC(=O)[C@H](O)C1CCN(C[C@H](O)COc2ccccc2)CC1. The van der Waals surface area contributed by atoms with Gasteiger partial charge in [0.2, 0.25) is 5.91 Å². The molecule has 0 spiro atoms. The van der Waals surface area contributed by atoms with Gasteiger partial charge >= 0.3 is 0 Å². The Morgan fingerprint density at radius 1 is 1.27 bits per heavy atom. The Morgan fingerprint density at radius 2 is 1.91 bits per heavy atom. The largest absolute Gasteiger partial charge is 0.491 e. The molecule has 0 bridgehead atoms. The summed E-state index contributed by atoms with van der Waals surface area (Å²) in [6.45, 7) is 2.23. The van der Waals surface area contributed by atoms with Crippen molar-refractivity contribution in [1.29, 1.82) is 0 Å². The molecule has 122 valence electrons. The zero-order chi connectivity index (χ0) is 15.9. The van der Waals surface area contributed by atoms with Gasteiger partial charge in [-0.2, -0.15) is 0 Å². The highest BCUT2D eigenvalue weighted by molar-refractivity contribution is 5.78. The van der Waals surface area contributed by atoms with Gasteiger partial charge in [0.25, 0.3) is 0 Å². The summed E-state index contributed by atoms with van der Waals surface area (Å²) < 4.78 is 5.52. The molecule has 2 rings (SSSR count). The number of hydrogen-bond donors (Lipinski definition) is 3. The van der Waals surface area contributed by atoms with Crippen LogP contribution in [-0.2, 0) is 4.79 Å². The van der Waals surface area contributed by atoms with E-state index in [4.69, 9.17) is 10.5 Å². The fourth-order valence-corrected chi connectivity index (χ4v) is 2.74. The number of β-amino-alcohol motifs (C(OH)–C–C–N with tert-alkyl or cyclic N) is 1. The van der Waals surface area contributed by atoms with Crippen LogP contribution in [-0.4, -0.2) is 59.5 Å². The third-order valence-electron chi connectivity index (χ3n) is 4.02. The topological polar surface area (TPSA) is 96.0 Å². The number of amides is 1. The number of aliphatic hydroxyl groups is 2. The summed E-state index contributed by atoms with van der Waals surface area (Å²) in [4.78, 5) is 13.1. The fraction of sp³-hybridized carbons (Fsp3) is 0.562. The molecule has 1 aliphatic heterocycles. The Hall–Kier alpha value is -1.63. The van der Waals surface area contributed by atoms with Gasteiger partial charge in [-0.1, -0.05) is 18.2 Å². The zero-order valence-corrected chi connectivity index (χ0v) is 12.6. The second-order valence-electron chi connectivity index (χ2n) is 5.76. The van der Waals surface area contributed by atoms with Gasteiger partial charge in [0.15, 0.2) is 0 Å². The van der Waals surface area contributed by atoms with Gasteiger partial charge in [0.05, 0.1) is 0 Å². The molecule has 4 N–H and O–H groups in total. The Balaban J connectivity index is 1.68. The van der Waals surface area contributed by atoms with E-state index in [9.17, 15) is 15.0 Å². The predicted molar refractivity (Wildman–Crippen MR) is 82.3 cm³/mol. The molecule has 0 unspecified atom stereocenters. The smallest absolute Gasteiger partial charge is 0.246 e. The van der Waals surface area contributed by atoms with Crippen molar-refractivity contribution in [2.75, 3.05) is 26.2 Å². The minimum Gasteiger partial charge on any atom is -0.491 e. The summed E-state index contributed by atoms with van der Waals surface area (Å²) in [5, 5.41) is 19.7. The molecule has 0 aromatic heterocycles. The molecule has 6 nitrogen and oxygen atoms in total. The number of primary amides is 1. The highest BCUT2D eigenvalue weighted by Crippen LogP contribution is 2.20. The first kappa shape index (κ1) is 16.7. The van der Waals surface area contributed by atoms with E-state index < -0.39 is 18.1 Å². The molecule has 1 aromatic rings. The number of ether oxygens (including phenoxy) is 1. The summed E-state index contributed by atoms with van der Waals surface area (Å²) in [7, 11) is 0. The number of piperidine rings is 1. The van der Waals surface area contributed by atoms with Crippen molar-refractivity contribution in [3.63, 3.8) is 0 Å². The number of likely N-dealkylation sites (tertiary alicyclic amines) is 1. The molecule has 1 amide bonds. The second kappa shape index (κ2) is 8.12. The highest BCUT2D eigenvalue weighted by atomic mass is 16.5. The van der Waals surface area contributed by atoms with Gasteiger partial charge in [-0.05, 0) is 44.0 Å². The van der Waals surface area contributed by atoms with E-state index in [2.05, 4.69) is 4.90 Å². The molecule has 22 heavy (non-hydrogen) atoms. The van der Waals surface area contributed by atoms with Crippen molar-refractivity contribution in [2.24, 2.45) is 11.7 Å². The van der Waals surface area contributed by atoms with Gasteiger partial charge in [-0.25, -0.2) is 0 Å². The maximum atomic E-state index is 11.0. The normalized spacial score (nSPS) is 19.5. The molecular weight excluding hydrogens is 284 g/mol. The van der Waals surface area contributed by atoms with Crippen molar-refractivity contribution in [2.45, 2.75) is 25.0 Å². The lowest BCUT2D eigenvalue weighted by Gasteiger charge is -2.34. The van der Waals surface area contributed by atoms with Crippen LogP contribution >= 0.6 is 0 Å². The van der Waals surface area contributed by atoms with E-state index in [-0.39, 0.29) is 12.5 Å². The summed E-state index contributed by atoms with van der Waals surface area (Å²) >= 11 is 0. The molecule has 0 aliphatic carbocycles. The first-order valence-corrected chi connectivity index (χ1v) is 7.62. The quantitative estimate of drug-likeness (QED) is 0.658. The zero-order valence-electron chi connectivity index (χ0n) is 12.6. The average molecular weight is 308 g/mol. The Labute approximate surface area is 130 Å². The minimum atomic E-state index is -1.06. The lowest BCUT2D eigenvalue weighted by atomic mass is 9.91. The minimum absolute atomic E-state index is 0.0774. The number of benzene rings is 1. The fourth-order valence-electron chi connectivity index (χ4n) is 2.74. The van der Waals surface area contributed by atoms with Crippen LogP contribution in [0.4, 0.5) is 0 Å². The molecule has 6 heteroatoms. The summed E-state index contributed by atoms with van der Waals surface area (Å²) in [5.41, 5.74) is 5.12. The van der Waals surface area contributed by atoms with E-state index in [1.807, 2.05) is 30.3 Å². The van der Waals surface area contributed by atoms with Crippen molar-refractivity contribution >= 4 is 5.91 Å². The molecule has 0 radical (unpaired) electrons. The average Bonchev–Trinajstić information content (AvgIpc) is 2.54. The number of nitrogens with two attached hydrogens (primary N) is 1. The standard InChI is InChI=1S/C16H24N2O4/c17-16(21)15(20)12-6-8-18(9-7-12)10-13(19)11-22-14-4-2-1-3-5-14/h1-5,12-13,15,19-20H,6-11H2,(H2,17,21)/t13-,15+/m0/s1. The first-order valence-electron chi connectivity index (χ1n) is 7.62. The van der Waals surface area contributed by atoms with Crippen LogP contribution in [0.15, 0.2) is 30.3 Å². The molecule has 0 saturated carbocycles. The van der Waals surface area contributed by atoms with E-state index in [0.29, 0.717) is 19.4 Å². The van der Waals surface area contributed by atoms with Gasteiger partial charge in [-0.15, -0.1) is 0 Å². The van der Waals surface area contributed by atoms with Gasteiger partial charge in [0, 0.05) is 6.54 Å². The van der Waals surface area contributed by atoms with Gasteiger partial charge in [0.1, 0.15) is 24.6 Å². The molecule has 1 aliphatic rings. The van der Waals surface area contributed by atoms with Crippen molar-refractivity contribution in [3.8, 4) is 5.75 Å². The summed E-state index contributed by atoms with van der Waals surface area (Å²) in [5.74, 6) is 0.00560. The summed E-state index contributed by atoms with van der Waals surface area (Å²) in [6.07, 6.45) is -0.224. The van der Waals surface area contributed by atoms with Crippen molar-refractivity contribution in [1.82, 2.24) is 4.90 Å². The number of para-hydroxylation sites is 1. The van der Waals surface area contributed by atoms with E-state index >= 15 is 0 Å². The maximum absolute atomic E-state index is 11.0. The lowest BCUT2D eigenvalue weighted by Crippen LogP contribution is -2.45. The molecular formula is C16H24N2O4. The molecule has 2 atom stereocenters. The Morgan fingerprint density at radius 3 is 2.50 bits per heavy atom. The maximum Gasteiger partial charge on any atom is 0.246 e. The van der Waals surface area contributed by atoms with Crippen LogP contribution < -0.4 is 10.5 Å². The molecule has 1 saturated heterocycles. The van der Waals surface area contributed by atoms with Crippen LogP contribution in [0.25, 0.3) is 0 Å². The van der Waals surface area contributed by atoms with Crippen LogP contribution in [0.3, 0.4) is 0 Å². The lowest BCUT2D eigenvalue weighted by molar-refractivity contribution is -0.129. The van der Waals surface area contributed by atoms with Gasteiger partial charge < -0.3 is 25.6 Å². The molecule has 1 heterocycles. The number of carbonyl (C=O) groups is 1. The predicted octanol–water partition coefficient (Wildman–Crippen LogP) is -0.0155. The number of aliphatic hydroxyl groups excluding tert-OH is 2. The third kappa shape index (κ3) is 4.98. The number of carbonyl (C=O) groups excluding carboxylic acids is 1. The van der Waals surface area contributed by atoms with E-state index in [0.717, 1.165) is 18.8 Å². The number of rotatable bonds is 7. The monoisotopic (exact) mass is 308 g/mol. The van der Waals surface area contributed by atoms with Crippen LogP contribution in [0.2, 0.25) is 0 Å². The van der Waals surface area contributed by atoms with Crippen molar-refractivity contribution in [3.05, 3.63) is 30.3 Å². The van der Waals surface area contributed by atoms with Crippen molar-refractivity contribution < 1.29 is 19.7 Å².